The summed E-state index contributed by atoms with van der Waals surface area (Å²) in [6.45, 7) is 4.65. The third-order valence-corrected chi connectivity index (χ3v) is 7.87. The van der Waals surface area contributed by atoms with Crippen LogP contribution in [0.1, 0.15) is 43.0 Å². The Morgan fingerprint density at radius 1 is 1.02 bits per heavy atom. The number of hydrogen-bond donors (Lipinski definition) is 0. The molecule has 1 aliphatic heterocycles. The van der Waals surface area contributed by atoms with E-state index in [1.54, 1.807) is 4.57 Å². The molecule has 0 radical (unpaired) electrons. The Morgan fingerprint density at radius 3 is 2.46 bits per heavy atom. The molecule has 0 unspecified atom stereocenters. The fraction of sp³-hybridized carbons (Fsp3) is 0.219. The maximum atomic E-state index is 13.9. The maximum Gasteiger partial charge on any atom is 0.338 e. The molecule has 9 heteroatoms. The average Bonchev–Trinajstić information content (AvgIpc) is 3.30. The number of benzene rings is 3. The van der Waals surface area contributed by atoms with E-state index >= 15 is 0 Å². The van der Waals surface area contributed by atoms with E-state index in [1.807, 2.05) is 92.7 Å². The van der Waals surface area contributed by atoms with Crippen molar-refractivity contribution < 1.29 is 19.0 Å². The van der Waals surface area contributed by atoms with Crippen LogP contribution in [-0.4, -0.2) is 24.3 Å². The smallest absolute Gasteiger partial charge is 0.338 e. The van der Waals surface area contributed by atoms with E-state index in [4.69, 9.17) is 30.8 Å². The Bertz CT molecular complexity index is 1780. The Hall–Kier alpha value is -4.14. The number of hydrogen-bond acceptors (Lipinski definition) is 7. The fourth-order valence-electron chi connectivity index (χ4n) is 4.71. The molecule has 4 aromatic rings. The summed E-state index contributed by atoms with van der Waals surface area (Å²) in [6, 6.07) is 21.9. The van der Waals surface area contributed by atoms with Gasteiger partial charge in [-0.2, -0.15) is 0 Å². The summed E-state index contributed by atoms with van der Waals surface area (Å²) in [6.07, 6.45) is 2.33. The first kappa shape index (κ1) is 28.4. The topological polar surface area (TPSA) is 79.1 Å². The lowest BCUT2D eigenvalue weighted by molar-refractivity contribution is -0.136. The number of aromatic nitrogens is 1. The van der Waals surface area contributed by atoms with Crippen LogP contribution in [0.5, 0.6) is 11.5 Å². The van der Waals surface area contributed by atoms with Gasteiger partial charge in [-0.3, -0.25) is 9.36 Å². The highest BCUT2D eigenvalue weighted by Gasteiger charge is 2.33. The number of carbonyl (C=O) groups is 1. The van der Waals surface area contributed by atoms with Crippen molar-refractivity contribution in [1.29, 1.82) is 0 Å². The molecule has 41 heavy (non-hydrogen) atoms. The second-order valence-corrected chi connectivity index (χ2v) is 10.7. The third-order valence-electron chi connectivity index (χ3n) is 6.64. The molecule has 0 bridgehead atoms. The van der Waals surface area contributed by atoms with Crippen LogP contribution in [0.25, 0.3) is 6.08 Å². The Morgan fingerprint density at radius 2 is 1.78 bits per heavy atom. The summed E-state index contributed by atoms with van der Waals surface area (Å²) >= 11 is 7.28. The summed E-state index contributed by atoms with van der Waals surface area (Å²) in [5, 5.41) is 0.668. The zero-order valence-electron chi connectivity index (χ0n) is 22.9. The monoisotopic (exact) mass is 588 g/mol. The molecule has 0 fully saturated rings. The molecular weight excluding hydrogens is 560 g/mol. The lowest BCUT2D eigenvalue weighted by Crippen LogP contribution is -2.40. The highest BCUT2D eigenvalue weighted by Crippen LogP contribution is 2.32. The van der Waals surface area contributed by atoms with Crippen molar-refractivity contribution in [3.8, 4) is 11.5 Å². The molecule has 210 valence electrons. The minimum Gasteiger partial charge on any atom is -0.490 e. The van der Waals surface area contributed by atoms with Gasteiger partial charge in [0.1, 0.15) is 6.61 Å². The SMILES string of the molecule is CCOc1cc(/C=c2\sc3n(c2=O)[C@@H](c2ccccc2)C(C(=O)OC)=C(CC)N=3)ccc1OCc1ccc(Cl)cc1. The molecule has 0 aliphatic carbocycles. The number of allylic oxidation sites excluding steroid dienone is 1. The van der Waals surface area contributed by atoms with Gasteiger partial charge in [-0.1, -0.05) is 78.4 Å². The molecule has 0 amide bonds. The number of fused-ring (bicyclic) bond motifs is 1. The van der Waals surface area contributed by atoms with Crippen molar-refractivity contribution in [2.75, 3.05) is 13.7 Å². The van der Waals surface area contributed by atoms with E-state index < -0.39 is 12.0 Å². The molecule has 1 atom stereocenters. The van der Waals surface area contributed by atoms with Gasteiger partial charge in [0.25, 0.3) is 5.56 Å². The van der Waals surface area contributed by atoms with E-state index in [0.717, 1.165) is 16.7 Å². The van der Waals surface area contributed by atoms with E-state index in [-0.39, 0.29) is 5.56 Å². The number of halogens is 1. The summed E-state index contributed by atoms with van der Waals surface area (Å²) < 4.78 is 19.1. The van der Waals surface area contributed by atoms with Gasteiger partial charge in [-0.25, -0.2) is 9.79 Å². The second-order valence-electron chi connectivity index (χ2n) is 9.25. The first-order valence-corrected chi connectivity index (χ1v) is 14.4. The lowest BCUT2D eigenvalue weighted by Gasteiger charge is -2.25. The van der Waals surface area contributed by atoms with E-state index in [9.17, 15) is 9.59 Å². The summed E-state index contributed by atoms with van der Waals surface area (Å²) in [5.41, 5.74) is 3.31. The summed E-state index contributed by atoms with van der Waals surface area (Å²) in [5.74, 6) is 0.676. The molecule has 3 aromatic carbocycles. The van der Waals surface area contributed by atoms with Crippen LogP contribution >= 0.6 is 22.9 Å². The predicted molar refractivity (Wildman–Crippen MR) is 160 cm³/mol. The molecular formula is C32H29ClN2O5S. The first-order valence-electron chi connectivity index (χ1n) is 13.3. The summed E-state index contributed by atoms with van der Waals surface area (Å²) in [7, 11) is 1.34. The van der Waals surface area contributed by atoms with Gasteiger partial charge in [0.15, 0.2) is 16.3 Å². The van der Waals surface area contributed by atoms with E-state index in [1.165, 1.54) is 18.4 Å². The quantitative estimate of drug-likeness (QED) is 0.244. The van der Waals surface area contributed by atoms with Crippen LogP contribution in [0, 0.1) is 0 Å². The zero-order chi connectivity index (χ0) is 28.9. The summed E-state index contributed by atoms with van der Waals surface area (Å²) in [4.78, 5) is 32.0. The van der Waals surface area contributed by atoms with Crippen LogP contribution in [0.15, 0.2) is 93.9 Å². The molecule has 1 aromatic heterocycles. The van der Waals surface area contributed by atoms with Gasteiger partial charge < -0.3 is 14.2 Å². The largest absolute Gasteiger partial charge is 0.490 e. The maximum absolute atomic E-state index is 13.9. The minimum atomic E-state index is -0.639. The van der Waals surface area contributed by atoms with Crippen LogP contribution in [0.4, 0.5) is 0 Å². The van der Waals surface area contributed by atoms with Crippen LogP contribution in [-0.2, 0) is 16.1 Å². The molecule has 0 saturated carbocycles. The Labute approximate surface area is 246 Å². The first-order chi connectivity index (χ1) is 19.9. The van der Waals surface area contributed by atoms with Crippen LogP contribution in [0.3, 0.4) is 0 Å². The third kappa shape index (κ3) is 5.99. The fourth-order valence-corrected chi connectivity index (χ4v) is 5.86. The molecule has 0 saturated heterocycles. The molecule has 0 N–H and O–H groups in total. The number of carbonyl (C=O) groups excluding carboxylic acids is 1. The van der Waals surface area contributed by atoms with Crippen molar-refractivity contribution in [3.63, 3.8) is 0 Å². The van der Waals surface area contributed by atoms with Crippen molar-refractivity contribution in [2.24, 2.45) is 4.99 Å². The van der Waals surface area contributed by atoms with Crippen molar-refractivity contribution >= 4 is 35.0 Å². The molecule has 5 rings (SSSR count). The Balaban J connectivity index is 1.56. The number of thiazole rings is 1. The van der Waals surface area contributed by atoms with Crippen molar-refractivity contribution in [3.05, 3.63) is 125 Å². The molecule has 7 nitrogen and oxygen atoms in total. The average molecular weight is 589 g/mol. The van der Waals surface area contributed by atoms with Gasteiger partial charge >= 0.3 is 5.97 Å². The Kier molecular flexibility index (Phi) is 8.71. The standard InChI is InChI=1S/C32H29ClN2O5S/c1-4-24-28(31(37)38-3)29(22-9-7-6-8-10-22)35-30(36)27(41-32(35)34-24)18-21-13-16-25(26(17-21)39-5-2)40-19-20-11-14-23(33)15-12-20/h6-18,29H,4-5,19H2,1-3H3/b27-18-/t29-/m0/s1. The van der Waals surface area contributed by atoms with Gasteiger partial charge in [-0.15, -0.1) is 0 Å². The lowest BCUT2D eigenvalue weighted by atomic mass is 9.95. The van der Waals surface area contributed by atoms with Gasteiger partial charge in [-0.05, 0) is 60.4 Å². The highest BCUT2D eigenvalue weighted by molar-refractivity contribution is 7.07. The van der Waals surface area contributed by atoms with Crippen molar-refractivity contribution in [1.82, 2.24) is 4.57 Å². The van der Waals surface area contributed by atoms with Gasteiger partial charge in [0.05, 0.1) is 35.6 Å². The number of esters is 1. The highest BCUT2D eigenvalue weighted by atomic mass is 35.5. The molecule has 1 aliphatic rings. The molecule has 0 spiro atoms. The number of methoxy groups -OCH3 is 1. The number of nitrogens with zero attached hydrogens (tertiary/aromatic N) is 2. The number of ether oxygens (including phenoxy) is 3. The number of rotatable bonds is 9. The second kappa shape index (κ2) is 12.6. The predicted octanol–water partition coefficient (Wildman–Crippen LogP) is 5.43. The van der Waals surface area contributed by atoms with E-state index in [2.05, 4.69) is 0 Å². The normalized spacial score (nSPS) is 14.8. The molecule has 2 heterocycles. The van der Waals surface area contributed by atoms with Crippen LogP contribution < -0.4 is 24.4 Å². The van der Waals surface area contributed by atoms with Crippen LogP contribution in [0.2, 0.25) is 5.02 Å². The minimum absolute atomic E-state index is 0.236. The van der Waals surface area contributed by atoms with Gasteiger partial charge in [0.2, 0.25) is 0 Å². The van der Waals surface area contributed by atoms with E-state index in [0.29, 0.717) is 56.8 Å². The zero-order valence-corrected chi connectivity index (χ0v) is 24.5. The van der Waals surface area contributed by atoms with Gasteiger partial charge in [0, 0.05) is 5.02 Å². The van der Waals surface area contributed by atoms with Crippen molar-refractivity contribution in [2.45, 2.75) is 32.9 Å².